The van der Waals surface area contributed by atoms with Crippen molar-refractivity contribution in [2.75, 3.05) is 0 Å². The molecule has 0 radical (unpaired) electrons. The van der Waals surface area contributed by atoms with E-state index in [0.29, 0.717) is 11.3 Å². The van der Waals surface area contributed by atoms with Gasteiger partial charge in [-0.05, 0) is 42.6 Å². The molecule has 1 heterocycles. The maximum absolute atomic E-state index is 13.2. The van der Waals surface area contributed by atoms with Crippen LogP contribution in [-0.2, 0) is 0 Å². The van der Waals surface area contributed by atoms with Gasteiger partial charge in [0.2, 0.25) is 0 Å². The zero-order chi connectivity index (χ0) is 17.3. The number of rotatable bonds is 4. The molecule has 0 aliphatic rings. The second-order valence-corrected chi connectivity index (χ2v) is 5.64. The van der Waals surface area contributed by atoms with E-state index in [9.17, 15) is 9.18 Å². The van der Waals surface area contributed by atoms with Crippen molar-refractivity contribution in [1.82, 2.24) is 10.0 Å². The van der Waals surface area contributed by atoms with Crippen LogP contribution in [0.2, 0.25) is 5.02 Å². The fraction of sp³-hybridized carbons (Fsp3) is 0.118. The van der Waals surface area contributed by atoms with Gasteiger partial charge in [-0.25, -0.2) is 9.87 Å². The summed E-state index contributed by atoms with van der Waals surface area (Å²) in [6.45, 7) is 1.81. The average molecular weight is 349 g/mol. The van der Waals surface area contributed by atoms with E-state index in [1.807, 2.05) is 23.8 Å². The molecule has 1 unspecified atom stereocenters. The Morgan fingerprint density at radius 1 is 1.29 bits per heavy atom. The molecule has 1 aromatic heterocycles. The summed E-state index contributed by atoms with van der Waals surface area (Å²) in [7, 11) is 0. The summed E-state index contributed by atoms with van der Waals surface area (Å²) >= 11 is 5.76. The lowest BCUT2D eigenvalue weighted by molar-refractivity contribution is 0.0706. The van der Waals surface area contributed by atoms with E-state index >= 15 is 0 Å². The van der Waals surface area contributed by atoms with E-state index in [2.05, 4.69) is 0 Å². The number of hydrogen-bond acceptors (Lipinski definition) is 3. The molecule has 24 heavy (non-hydrogen) atoms. The maximum Gasteiger partial charge on any atom is 0.274 e. The summed E-state index contributed by atoms with van der Waals surface area (Å²) in [6, 6.07) is 11.1. The van der Waals surface area contributed by atoms with Gasteiger partial charge in [-0.15, -0.1) is 0 Å². The van der Waals surface area contributed by atoms with Gasteiger partial charge in [0, 0.05) is 17.8 Å². The number of benzene rings is 2. The molecule has 1 atom stereocenters. The predicted molar refractivity (Wildman–Crippen MR) is 87.9 cm³/mol. The molecule has 124 valence electrons. The summed E-state index contributed by atoms with van der Waals surface area (Å²) in [6.07, 6.45) is 1.40. The van der Waals surface area contributed by atoms with Gasteiger partial charge in [0.1, 0.15) is 11.6 Å². The number of carbonyl (C=O) groups excluding carboxylic acids is 1. The lowest BCUT2D eigenvalue weighted by atomic mass is 10.1. The van der Waals surface area contributed by atoms with Gasteiger partial charge in [-0.3, -0.25) is 10.0 Å². The largest absolute Gasteiger partial charge is 0.470 e. The zero-order valence-electron chi connectivity index (χ0n) is 12.7. The highest BCUT2D eigenvalue weighted by atomic mass is 35.5. The molecule has 0 fully saturated rings. The first-order chi connectivity index (χ1) is 11.5. The van der Waals surface area contributed by atoms with Crippen LogP contribution < -0.4 is 10.2 Å². The van der Waals surface area contributed by atoms with Crippen molar-refractivity contribution in [1.29, 1.82) is 0 Å². The third kappa shape index (κ3) is 3.06. The Hall–Kier alpha value is -2.57. The second-order valence-electron chi connectivity index (χ2n) is 5.23. The van der Waals surface area contributed by atoms with Crippen molar-refractivity contribution in [3.63, 3.8) is 0 Å². The van der Waals surface area contributed by atoms with Crippen molar-refractivity contribution in [3.8, 4) is 5.75 Å². The molecule has 1 amide bonds. The summed E-state index contributed by atoms with van der Waals surface area (Å²) in [5.74, 6) is -0.675. The van der Waals surface area contributed by atoms with Gasteiger partial charge >= 0.3 is 0 Å². The Bertz CT molecular complexity index is 910. The van der Waals surface area contributed by atoms with Crippen molar-refractivity contribution in [2.45, 2.75) is 13.2 Å². The van der Waals surface area contributed by atoms with Gasteiger partial charge < -0.3 is 9.30 Å². The van der Waals surface area contributed by atoms with Gasteiger partial charge in [0.05, 0.1) is 10.5 Å². The smallest absolute Gasteiger partial charge is 0.274 e. The van der Waals surface area contributed by atoms with Crippen LogP contribution >= 0.6 is 11.6 Å². The molecule has 0 spiro atoms. The van der Waals surface area contributed by atoms with Gasteiger partial charge in [-0.1, -0.05) is 17.7 Å². The predicted octanol–water partition coefficient (Wildman–Crippen LogP) is 4.15. The maximum atomic E-state index is 13.2. The highest BCUT2D eigenvalue weighted by Gasteiger charge is 2.13. The van der Waals surface area contributed by atoms with E-state index in [0.717, 1.165) is 10.9 Å². The summed E-state index contributed by atoms with van der Waals surface area (Å²) < 4.78 is 20.8. The molecule has 3 rings (SSSR count). The molecule has 7 heteroatoms. The molecule has 0 aliphatic carbocycles. The number of aromatic nitrogens is 1. The number of hydrogen-bond donors (Lipinski definition) is 2. The Labute approximate surface area is 142 Å². The van der Waals surface area contributed by atoms with E-state index < -0.39 is 18.0 Å². The Balaban J connectivity index is 1.92. The van der Waals surface area contributed by atoms with Crippen LogP contribution in [0.1, 0.15) is 23.5 Å². The highest BCUT2D eigenvalue weighted by Crippen LogP contribution is 2.27. The molecular weight excluding hydrogens is 335 g/mol. The first-order valence-corrected chi connectivity index (χ1v) is 7.54. The third-order valence-electron chi connectivity index (χ3n) is 3.68. The number of fused-ring (bicyclic) bond motifs is 1. The molecule has 0 saturated heterocycles. The average Bonchev–Trinajstić information content (AvgIpc) is 3.00. The number of carbonyl (C=O) groups is 1. The fourth-order valence-corrected chi connectivity index (χ4v) is 2.65. The van der Waals surface area contributed by atoms with Crippen LogP contribution in [0.15, 0.2) is 48.7 Å². The van der Waals surface area contributed by atoms with E-state index in [1.54, 1.807) is 23.7 Å². The van der Waals surface area contributed by atoms with Crippen LogP contribution in [0.3, 0.4) is 0 Å². The van der Waals surface area contributed by atoms with Crippen molar-refractivity contribution in [2.24, 2.45) is 0 Å². The third-order valence-corrected chi connectivity index (χ3v) is 3.97. The standard InChI is InChI=1S/C17H14ClFN2O3/c1-10(24-13-4-5-15(19)14(18)9-13)21-7-6-11-2-3-12(8-16(11)21)17(22)20-23/h2-10,23H,1H3,(H,20,22). The van der Waals surface area contributed by atoms with E-state index in [1.165, 1.54) is 18.2 Å². The van der Waals surface area contributed by atoms with E-state index in [4.69, 9.17) is 21.5 Å². The quantitative estimate of drug-likeness (QED) is 0.550. The van der Waals surface area contributed by atoms with Crippen molar-refractivity contribution >= 4 is 28.4 Å². The lowest BCUT2D eigenvalue weighted by Crippen LogP contribution is -2.18. The normalized spacial score (nSPS) is 12.2. The van der Waals surface area contributed by atoms with Crippen LogP contribution in [0.5, 0.6) is 5.75 Å². The number of amides is 1. The minimum absolute atomic E-state index is 0.0148. The first-order valence-electron chi connectivity index (χ1n) is 7.16. The molecular formula is C17H14ClFN2O3. The molecule has 0 bridgehead atoms. The zero-order valence-corrected chi connectivity index (χ0v) is 13.4. The Morgan fingerprint density at radius 2 is 2.08 bits per heavy atom. The number of nitrogens with zero attached hydrogens (tertiary/aromatic N) is 1. The lowest BCUT2D eigenvalue weighted by Gasteiger charge is -2.18. The molecule has 3 aromatic rings. The first kappa shape index (κ1) is 16.3. The fourth-order valence-electron chi connectivity index (χ4n) is 2.48. The SMILES string of the molecule is CC(Oc1ccc(F)c(Cl)c1)n1ccc2ccc(C(=O)NO)cc21. The highest BCUT2D eigenvalue weighted by molar-refractivity contribution is 6.30. The number of halogens is 2. The summed E-state index contributed by atoms with van der Waals surface area (Å²) in [5.41, 5.74) is 2.69. The molecule has 0 saturated carbocycles. The number of ether oxygens (including phenoxy) is 1. The minimum atomic E-state index is -0.594. The molecule has 2 aromatic carbocycles. The summed E-state index contributed by atoms with van der Waals surface area (Å²) in [5, 5.41) is 9.66. The van der Waals surface area contributed by atoms with Gasteiger partial charge in [0.15, 0.2) is 6.23 Å². The monoisotopic (exact) mass is 348 g/mol. The van der Waals surface area contributed by atoms with E-state index in [-0.39, 0.29) is 5.02 Å². The van der Waals surface area contributed by atoms with Gasteiger partial charge in [-0.2, -0.15) is 0 Å². The van der Waals surface area contributed by atoms with Crippen molar-refractivity contribution < 1.29 is 19.1 Å². The summed E-state index contributed by atoms with van der Waals surface area (Å²) in [4.78, 5) is 11.6. The molecule has 5 nitrogen and oxygen atoms in total. The van der Waals surface area contributed by atoms with Gasteiger partial charge in [0.25, 0.3) is 5.91 Å². The number of nitrogens with one attached hydrogen (secondary N) is 1. The van der Waals surface area contributed by atoms with Crippen LogP contribution in [-0.4, -0.2) is 15.7 Å². The van der Waals surface area contributed by atoms with Crippen LogP contribution in [0.25, 0.3) is 10.9 Å². The topological polar surface area (TPSA) is 63.5 Å². The van der Waals surface area contributed by atoms with Crippen molar-refractivity contribution in [3.05, 3.63) is 65.1 Å². The molecule has 2 N–H and O–H groups in total. The van der Waals surface area contributed by atoms with Crippen LogP contribution in [0.4, 0.5) is 4.39 Å². The minimum Gasteiger partial charge on any atom is -0.470 e. The Kier molecular flexibility index (Phi) is 4.42. The number of hydroxylamine groups is 1. The second kappa shape index (κ2) is 6.51. The molecule has 0 aliphatic heterocycles. The van der Waals surface area contributed by atoms with Crippen LogP contribution in [0, 0.1) is 5.82 Å². The Morgan fingerprint density at radius 3 is 2.79 bits per heavy atom.